The second-order valence-corrected chi connectivity index (χ2v) is 4.29. The average Bonchev–Trinajstić information content (AvgIpc) is 2.43. The van der Waals surface area contributed by atoms with Gasteiger partial charge in [0.25, 0.3) is 0 Å². The number of fused-ring (bicyclic) bond motifs is 2. The van der Waals surface area contributed by atoms with Gasteiger partial charge in [-0.2, -0.15) is 0 Å². The molecule has 1 aliphatic rings. The molecule has 0 radical (unpaired) electrons. The Kier molecular flexibility index (Phi) is 2.70. The molecular weight excluding hydrogens is 228 g/mol. The third kappa shape index (κ3) is 1.74. The lowest BCUT2D eigenvalue weighted by Crippen LogP contribution is -2.15. The molecule has 94 valence electrons. The summed E-state index contributed by atoms with van der Waals surface area (Å²) in [4.78, 5) is 4.63. The second-order valence-electron chi connectivity index (χ2n) is 4.29. The molecule has 2 heterocycles. The van der Waals surface area contributed by atoms with Crippen LogP contribution in [-0.4, -0.2) is 25.2 Å². The number of nitrogens with zero attached hydrogens (tertiary/aromatic N) is 1. The van der Waals surface area contributed by atoms with E-state index in [1.54, 1.807) is 0 Å². The SMILES string of the molecule is CCc1cc2cc3c(cc2nc1NC)OCCO3. The minimum atomic E-state index is 0.602. The van der Waals surface area contributed by atoms with Gasteiger partial charge in [0.2, 0.25) is 0 Å². The first-order chi connectivity index (χ1) is 8.81. The molecule has 0 spiro atoms. The Balaban J connectivity index is 2.21. The number of aromatic nitrogens is 1. The molecule has 4 nitrogen and oxygen atoms in total. The number of nitrogens with one attached hydrogen (secondary N) is 1. The zero-order valence-electron chi connectivity index (χ0n) is 10.6. The smallest absolute Gasteiger partial charge is 0.163 e. The van der Waals surface area contributed by atoms with Gasteiger partial charge in [-0.1, -0.05) is 6.92 Å². The highest BCUT2D eigenvalue weighted by atomic mass is 16.6. The first kappa shape index (κ1) is 11.1. The number of benzene rings is 1. The normalized spacial score (nSPS) is 13.7. The lowest BCUT2D eigenvalue weighted by Gasteiger charge is -2.19. The minimum Gasteiger partial charge on any atom is -0.486 e. The van der Waals surface area contributed by atoms with E-state index < -0.39 is 0 Å². The molecule has 1 aromatic carbocycles. The number of aryl methyl sites for hydroxylation is 1. The van der Waals surface area contributed by atoms with Crippen molar-refractivity contribution in [3.05, 3.63) is 23.8 Å². The van der Waals surface area contributed by atoms with Crippen LogP contribution in [0.3, 0.4) is 0 Å². The molecule has 1 aromatic heterocycles. The average molecular weight is 244 g/mol. The molecule has 0 unspecified atom stereocenters. The minimum absolute atomic E-state index is 0.602. The van der Waals surface area contributed by atoms with Crippen LogP contribution < -0.4 is 14.8 Å². The predicted octanol–water partition coefficient (Wildman–Crippen LogP) is 2.61. The third-order valence-electron chi connectivity index (χ3n) is 3.18. The zero-order chi connectivity index (χ0) is 12.5. The standard InChI is InChI=1S/C14H16N2O2/c1-3-9-6-10-7-12-13(18-5-4-17-12)8-11(10)16-14(9)15-2/h6-8H,3-5H2,1-2H3,(H,15,16). The van der Waals surface area contributed by atoms with Crippen molar-refractivity contribution in [1.82, 2.24) is 4.98 Å². The summed E-state index contributed by atoms with van der Waals surface area (Å²) in [6, 6.07) is 6.12. The summed E-state index contributed by atoms with van der Waals surface area (Å²) in [5.41, 5.74) is 2.14. The highest BCUT2D eigenvalue weighted by Crippen LogP contribution is 2.35. The molecule has 3 rings (SSSR count). The van der Waals surface area contributed by atoms with Gasteiger partial charge < -0.3 is 14.8 Å². The Labute approximate surface area is 106 Å². The van der Waals surface area contributed by atoms with Gasteiger partial charge in [0.15, 0.2) is 11.5 Å². The molecule has 2 aromatic rings. The first-order valence-electron chi connectivity index (χ1n) is 6.23. The van der Waals surface area contributed by atoms with Crippen LogP contribution in [0.15, 0.2) is 18.2 Å². The summed E-state index contributed by atoms with van der Waals surface area (Å²) in [5, 5.41) is 4.23. The van der Waals surface area contributed by atoms with Gasteiger partial charge >= 0.3 is 0 Å². The molecule has 0 saturated carbocycles. The largest absolute Gasteiger partial charge is 0.486 e. The van der Waals surface area contributed by atoms with E-state index in [-0.39, 0.29) is 0 Å². The lowest BCUT2D eigenvalue weighted by atomic mass is 10.1. The molecular formula is C14H16N2O2. The molecule has 1 aliphatic heterocycles. The summed E-state index contributed by atoms with van der Waals surface area (Å²) in [6.07, 6.45) is 0.952. The van der Waals surface area contributed by atoms with Crippen molar-refractivity contribution < 1.29 is 9.47 Å². The van der Waals surface area contributed by atoms with Crippen molar-refractivity contribution in [1.29, 1.82) is 0 Å². The van der Waals surface area contributed by atoms with Crippen molar-refractivity contribution >= 4 is 16.7 Å². The lowest BCUT2D eigenvalue weighted by molar-refractivity contribution is 0.172. The Hall–Kier alpha value is -1.97. The Morgan fingerprint density at radius 3 is 2.56 bits per heavy atom. The summed E-state index contributed by atoms with van der Waals surface area (Å²) >= 11 is 0. The number of ether oxygens (including phenoxy) is 2. The van der Waals surface area contributed by atoms with E-state index >= 15 is 0 Å². The molecule has 0 fully saturated rings. The quantitative estimate of drug-likeness (QED) is 0.881. The van der Waals surface area contributed by atoms with Crippen molar-refractivity contribution in [3.8, 4) is 11.5 Å². The van der Waals surface area contributed by atoms with Crippen molar-refractivity contribution in [3.63, 3.8) is 0 Å². The van der Waals surface area contributed by atoms with Gasteiger partial charge in [0, 0.05) is 18.5 Å². The Morgan fingerprint density at radius 2 is 1.89 bits per heavy atom. The fourth-order valence-corrected chi connectivity index (χ4v) is 2.24. The van der Waals surface area contributed by atoms with E-state index in [9.17, 15) is 0 Å². The van der Waals surface area contributed by atoms with Crippen LogP contribution in [0.1, 0.15) is 12.5 Å². The van der Waals surface area contributed by atoms with Crippen LogP contribution in [0.5, 0.6) is 11.5 Å². The Morgan fingerprint density at radius 1 is 1.17 bits per heavy atom. The van der Waals surface area contributed by atoms with Crippen LogP contribution in [0.4, 0.5) is 5.82 Å². The molecule has 0 aliphatic carbocycles. The van der Waals surface area contributed by atoms with E-state index in [1.165, 1.54) is 5.56 Å². The highest BCUT2D eigenvalue weighted by molar-refractivity contribution is 5.85. The molecule has 0 atom stereocenters. The number of rotatable bonds is 2. The van der Waals surface area contributed by atoms with Crippen molar-refractivity contribution in [2.45, 2.75) is 13.3 Å². The van der Waals surface area contributed by atoms with E-state index in [0.717, 1.165) is 34.6 Å². The number of hydrogen-bond donors (Lipinski definition) is 1. The van der Waals surface area contributed by atoms with E-state index in [0.29, 0.717) is 13.2 Å². The van der Waals surface area contributed by atoms with E-state index in [1.807, 2.05) is 19.2 Å². The summed E-state index contributed by atoms with van der Waals surface area (Å²) < 4.78 is 11.2. The van der Waals surface area contributed by atoms with Gasteiger partial charge in [-0.15, -0.1) is 0 Å². The van der Waals surface area contributed by atoms with Gasteiger partial charge in [-0.05, 0) is 24.1 Å². The maximum atomic E-state index is 5.59. The van der Waals surface area contributed by atoms with Crippen LogP contribution in [0.2, 0.25) is 0 Å². The zero-order valence-corrected chi connectivity index (χ0v) is 10.6. The fourth-order valence-electron chi connectivity index (χ4n) is 2.24. The Bertz CT molecular complexity index is 513. The molecule has 0 bridgehead atoms. The number of anilines is 1. The first-order valence-corrected chi connectivity index (χ1v) is 6.23. The summed E-state index contributed by atoms with van der Waals surface area (Å²) in [7, 11) is 1.89. The second kappa shape index (κ2) is 4.37. The number of pyridine rings is 1. The summed E-state index contributed by atoms with van der Waals surface area (Å²) in [5.74, 6) is 2.53. The van der Waals surface area contributed by atoms with Crippen LogP contribution in [0, 0.1) is 0 Å². The van der Waals surface area contributed by atoms with Gasteiger partial charge in [0.05, 0.1) is 5.52 Å². The van der Waals surface area contributed by atoms with Crippen LogP contribution in [0.25, 0.3) is 10.9 Å². The highest BCUT2D eigenvalue weighted by Gasteiger charge is 2.14. The number of hydrogen-bond acceptors (Lipinski definition) is 4. The summed E-state index contributed by atoms with van der Waals surface area (Å²) in [6.45, 7) is 3.34. The fraction of sp³-hybridized carbons (Fsp3) is 0.357. The predicted molar refractivity (Wildman–Crippen MR) is 71.7 cm³/mol. The monoisotopic (exact) mass is 244 g/mol. The van der Waals surface area contributed by atoms with Crippen molar-refractivity contribution in [2.75, 3.05) is 25.6 Å². The maximum Gasteiger partial charge on any atom is 0.163 e. The van der Waals surface area contributed by atoms with Gasteiger partial charge in [0.1, 0.15) is 19.0 Å². The maximum absolute atomic E-state index is 5.59. The van der Waals surface area contributed by atoms with Crippen LogP contribution >= 0.6 is 0 Å². The van der Waals surface area contributed by atoms with Gasteiger partial charge in [-0.25, -0.2) is 4.98 Å². The topological polar surface area (TPSA) is 43.4 Å². The molecule has 0 amide bonds. The van der Waals surface area contributed by atoms with Crippen molar-refractivity contribution in [2.24, 2.45) is 0 Å². The molecule has 18 heavy (non-hydrogen) atoms. The van der Waals surface area contributed by atoms with E-state index in [2.05, 4.69) is 23.3 Å². The molecule has 0 saturated heterocycles. The third-order valence-corrected chi connectivity index (χ3v) is 3.18. The van der Waals surface area contributed by atoms with Gasteiger partial charge in [-0.3, -0.25) is 0 Å². The molecule has 4 heteroatoms. The van der Waals surface area contributed by atoms with Crippen LogP contribution in [-0.2, 0) is 6.42 Å². The van der Waals surface area contributed by atoms with E-state index in [4.69, 9.17) is 9.47 Å². The molecule has 1 N–H and O–H groups in total.